The van der Waals surface area contributed by atoms with Gasteiger partial charge in [0, 0.05) is 29.1 Å². The van der Waals surface area contributed by atoms with E-state index in [0.29, 0.717) is 11.8 Å². The Kier molecular flexibility index (Phi) is 7.45. The van der Waals surface area contributed by atoms with Crippen molar-refractivity contribution in [3.05, 3.63) is 23.8 Å². The molecule has 1 N–H and O–H groups in total. The third-order valence-electron chi connectivity index (χ3n) is 9.44. The van der Waals surface area contributed by atoms with Gasteiger partial charge in [0.05, 0.1) is 0 Å². The Hall–Kier alpha value is -1.42. The zero-order chi connectivity index (χ0) is 27.6. The first-order valence-corrected chi connectivity index (χ1v) is 14.6. The van der Waals surface area contributed by atoms with Gasteiger partial charge < -0.3 is 14.2 Å². The molecule has 4 rings (SSSR count). The number of halogens is 3. The molecule has 0 amide bonds. The van der Waals surface area contributed by atoms with Crippen molar-refractivity contribution in [3.8, 4) is 0 Å². The number of rotatable bonds is 6. The summed E-state index contributed by atoms with van der Waals surface area (Å²) >= 11 is 0.346. The number of carbonyl (C=O) groups excluding carboxylic acids is 3. The number of hydrogen-bond donors (Lipinski definition) is 1. The van der Waals surface area contributed by atoms with E-state index < -0.39 is 83.3 Å². The van der Waals surface area contributed by atoms with Crippen molar-refractivity contribution in [3.63, 3.8) is 0 Å². The molecule has 4 aliphatic carbocycles. The Morgan fingerprint density at radius 3 is 2.54 bits per heavy atom. The van der Waals surface area contributed by atoms with Crippen LogP contribution in [0.2, 0.25) is 0 Å². The molecular formula is C25H32F3O7PS. The van der Waals surface area contributed by atoms with Gasteiger partial charge in [-0.1, -0.05) is 26.8 Å². The molecule has 10 atom stereocenters. The minimum atomic E-state index is -3.72. The summed E-state index contributed by atoms with van der Waals surface area (Å²) in [4.78, 5) is 47.9. The second-order valence-electron chi connectivity index (χ2n) is 11.0. The number of thioether (sulfide) groups is 1. The maximum Gasteiger partial charge on any atom is 0.316 e. The zero-order valence-electron chi connectivity index (χ0n) is 21.1. The molecule has 3 fully saturated rings. The topological polar surface area (TPSA) is 107 Å². The highest BCUT2D eigenvalue weighted by Gasteiger charge is 2.78. The highest BCUT2D eigenvalue weighted by Crippen LogP contribution is 2.73. The van der Waals surface area contributed by atoms with Gasteiger partial charge in [-0.15, -0.1) is 0 Å². The summed E-state index contributed by atoms with van der Waals surface area (Å²) in [7, 11) is -3.72. The smallest absolute Gasteiger partial charge is 0.316 e. The first-order chi connectivity index (χ1) is 17.2. The van der Waals surface area contributed by atoms with Crippen LogP contribution >= 0.6 is 20.0 Å². The van der Waals surface area contributed by atoms with Crippen molar-refractivity contribution in [2.24, 2.45) is 28.6 Å². The zero-order valence-corrected chi connectivity index (χ0v) is 22.9. The van der Waals surface area contributed by atoms with Crippen molar-refractivity contribution in [2.75, 3.05) is 6.01 Å². The SMILES string of the molecule is CCC(=O)OC1(C(=O)SCF)C(C)CC2C3CC(F)C4=CC(=O)C=CC4(C)C3(F)C(O[PH](=O)O)CC21C. The molecule has 3 saturated carbocycles. The summed E-state index contributed by atoms with van der Waals surface area (Å²) in [6, 6.07) is -1.07. The molecule has 37 heavy (non-hydrogen) atoms. The summed E-state index contributed by atoms with van der Waals surface area (Å²) in [6.45, 7) is 6.27. The summed E-state index contributed by atoms with van der Waals surface area (Å²) in [6.07, 6.45) is -0.355. The second-order valence-corrected chi connectivity index (χ2v) is 12.6. The van der Waals surface area contributed by atoms with E-state index in [1.807, 2.05) is 0 Å². The van der Waals surface area contributed by atoms with Crippen LogP contribution in [0.1, 0.15) is 53.4 Å². The summed E-state index contributed by atoms with van der Waals surface area (Å²) < 4.78 is 70.0. The average molecular weight is 565 g/mol. The van der Waals surface area contributed by atoms with Crippen molar-refractivity contribution in [2.45, 2.75) is 76.9 Å². The highest BCUT2D eigenvalue weighted by molar-refractivity contribution is 8.13. The van der Waals surface area contributed by atoms with Crippen LogP contribution in [0.4, 0.5) is 13.2 Å². The van der Waals surface area contributed by atoms with Crippen LogP contribution in [-0.4, -0.2) is 51.3 Å². The molecule has 0 aromatic heterocycles. The third-order valence-corrected chi connectivity index (χ3v) is 10.6. The third kappa shape index (κ3) is 3.85. The van der Waals surface area contributed by atoms with E-state index in [2.05, 4.69) is 0 Å². The van der Waals surface area contributed by atoms with E-state index >= 15 is 8.78 Å². The molecule has 0 bridgehead atoms. The summed E-state index contributed by atoms with van der Waals surface area (Å²) in [5.41, 5.74) is -7.39. The van der Waals surface area contributed by atoms with Crippen LogP contribution in [0.5, 0.6) is 0 Å². The lowest BCUT2D eigenvalue weighted by Crippen LogP contribution is -2.71. The van der Waals surface area contributed by atoms with Gasteiger partial charge in [-0.25, -0.2) is 13.2 Å². The van der Waals surface area contributed by atoms with Gasteiger partial charge in [-0.3, -0.25) is 18.9 Å². The molecular weight excluding hydrogens is 532 g/mol. The predicted octanol–water partition coefficient (Wildman–Crippen LogP) is 4.84. The number of hydrogen-bond acceptors (Lipinski definition) is 7. The summed E-state index contributed by atoms with van der Waals surface area (Å²) in [5.74, 6) is -3.71. The lowest BCUT2D eigenvalue weighted by molar-refractivity contribution is -0.223. The van der Waals surface area contributed by atoms with E-state index in [1.54, 1.807) is 20.8 Å². The Morgan fingerprint density at radius 1 is 1.27 bits per heavy atom. The largest absolute Gasteiger partial charge is 0.449 e. The molecule has 0 saturated heterocycles. The first-order valence-electron chi connectivity index (χ1n) is 12.4. The quantitative estimate of drug-likeness (QED) is 0.361. The molecule has 0 aromatic carbocycles. The molecule has 0 radical (unpaired) electrons. The molecule has 206 valence electrons. The average Bonchev–Trinajstić information content (AvgIpc) is 3.04. The number of alkyl halides is 3. The number of ketones is 1. The maximum atomic E-state index is 17.7. The Balaban J connectivity index is 1.94. The maximum absolute atomic E-state index is 17.7. The van der Waals surface area contributed by atoms with Gasteiger partial charge >= 0.3 is 14.2 Å². The van der Waals surface area contributed by atoms with Gasteiger partial charge in [0.2, 0.25) is 5.12 Å². The fourth-order valence-electron chi connectivity index (χ4n) is 7.84. The molecule has 10 unspecified atom stereocenters. The molecule has 0 spiro atoms. The van der Waals surface area contributed by atoms with Crippen molar-refractivity contribution in [1.82, 2.24) is 0 Å². The molecule has 0 aromatic rings. The number of carbonyl (C=O) groups is 3. The lowest BCUT2D eigenvalue weighted by Gasteiger charge is -2.63. The van der Waals surface area contributed by atoms with E-state index in [9.17, 15) is 28.2 Å². The Bertz CT molecular complexity index is 1100. The monoisotopic (exact) mass is 564 g/mol. The van der Waals surface area contributed by atoms with Gasteiger partial charge in [0.25, 0.3) is 0 Å². The predicted molar refractivity (Wildman–Crippen MR) is 131 cm³/mol. The minimum Gasteiger partial charge on any atom is -0.449 e. The lowest BCUT2D eigenvalue weighted by atomic mass is 9.44. The Labute approximate surface area is 218 Å². The van der Waals surface area contributed by atoms with E-state index in [4.69, 9.17) is 9.26 Å². The van der Waals surface area contributed by atoms with Crippen molar-refractivity contribution in [1.29, 1.82) is 0 Å². The molecule has 12 heteroatoms. The van der Waals surface area contributed by atoms with Crippen LogP contribution in [0, 0.1) is 28.6 Å². The molecule has 0 aliphatic heterocycles. The standard InChI is InChI=1S/C25H32F3O7PS/c1-5-20(30)34-25(21(31)37-12-26)13(2)8-15-16-10-18(27)17-9-14(29)6-7-22(17,3)24(16,28)19(35-36(32)33)11-23(15,25)4/h6-7,9,13,15-16,18-19,36H,5,8,10-12H2,1-4H3,(H,32,33). The van der Waals surface area contributed by atoms with Crippen LogP contribution in [0.15, 0.2) is 23.8 Å². The fourth-order valence-corrected chi connectivity index (χ4v) is 9.13. The minimum absolute atomic E-state index is 0.0626. The van der Waals surface area contributed by atoms with Crippen LogP contribution in [-0.2, 0) is 28.2 Å². The molecule has 4 aliphatic rings. The van der Waals surface area contributed by atoms with Gasteiger partial charge in [-0.2, -0.15) is 0 Å². The second kappa shape index (κ2) is 9.65. The van der Waals surface area contributed by atoms with Crippen molar-refractivity contribution < 1.29 is 46.3 Å². The molecule has 7 nitrogen and oxygen atoms in total. The van der Waals surface area contributed by atoms with E-state index in [1.165, 1.54) is 13.0 Å². The fraction of sp³-hybridized carbons (Fsp3) is 0.720. The molecule has 0 heterocycles. The van der Waals surface area contributed by atoms with E-state index in [0.717, 1.165) is 12.2 Å². The van der Waals surface area contributed by atoms with E-state index in [-0.39, 0.29) is 31.3 Å². The number of allylic oxidation sites excluding steroid dienone is 4. The summed E-state index contributed by atoms with van der Waals surface area (Å²) in [5, 5.41) is -0.737. The number of ether oxygens (including phenoxy) is 1. The van der Waals surface area contributed by atoms with Crippen molar-refractivity contribution >= 4 is 36.9 Å². The van der Waals surface area contributed by atoms with Crippen LogP contribution in [0.25, 0.3) is 0 Å². The number of fused-ring (bicyclic) bond motifs is 5. The van der Waals surface area contributed by atoms with Crippen LogP contribution in [0.3, 0.4) is 0 Å². The van der Waals surface area contributed by atoms with Gasteiger partial charge in [-0.05, 0) is 61.6 Å². The van der Waals surface area contributed by atoms with Crippen LogP contribution < -0.4 is 0 Å². The van der Waals surface area contributed by atoms with Gasteiger partial charge in [0.1, 0.15) is 18.3 Å². The number of esters is 1. The Morgan fingerprint density at radius 2 is 1.95 bits per heavy atom. The highest BCUT2D eigenvalue weighted by atomic mass is 32.2. The van der Waals surface area contributed by atoms with Gasteiger partial charge in [0.15, 0.2) is 17.1 Å². The first kappa shape index (κ1) is 28.6. The normalized spacial score (nSPS) is 45.4.